The van der Waals surface area contributed by atoms with E-state index in [0.29, 0.717) is 5.92 Å². The van der Waals surface area contributed by atoms with Crippen LogP contribution in [0.2, 0.25) is 0 Å². The molecular formula is C30H41N7O2. The normalized spacial score (nSPS) is 23.3. The van der Waals surface area contributed by atoms with Gasteiger partial charge in [0.1, 0.15) is 17.1 Å². The second-order valence-corrected chi connectivity index (χ2v) is 11.3. The maximum atomic E-state index is 6.60. The summed E-state index contributed by atoms with van der Waals surface area (Å²) < 4.78 is 12.1. The Balaban J connectivity index is 1.01. The Kier molecular flexibility index (Phi) is 8.47. The van der Waals surface area contributed by atoms with E-state index in [9.17, 15) is 0 Å². The Labute approximate surface area is 231 Å². The Morgan fingerprint density at radius 2 is 1.62 bits per heavy atom. The number of rotatable bonds is 8. The molecule has 0 N–H and O–H groups in total. The molecule has 208 valence electrons. The molecule has 2 aliphatic heterocycles. The Bertz CT molecular complexity index is 1200. The predicted molar refractivity (Wildman–Crippen MR) is 152 cm³/mol. The molecule has 3 aromatic rings. The highest BCUT2D eigenvalue weighted by Gasteiger charge is 2.25. The number of hydrogen-bond acceptors (Lipinski definition) is 9. The minimum Gasteiger partial charge on any atom is -0.488 e. The maximum Gasteiger partial charge on any atom is 0.149 e. The van der Waals surface area contributed by atoms with Crippen molar-refractivity contribution in [1.29, 1.82) is 0 Å². The Morgan fingerprint density at radius 1 is 0.872 bits per heavy atom. The number of hydrogen-bond donors (Lipinski definition) is 0. The van der Waals surface area contributed by atoms with Crippen molar-refractivity contribution in [3.8, 4) is 5.75 Å². The molecule has 1 aromatic carbocycles. The lowest BCUT2D eigenvalue weighted by molar-refractivity contribution is 0.122. The lowest BCUT2D eigenvalue weighted by Crippen LogP contribution is -2.45. The monoisotopic (exact) mass is 531 g/mol. The number of morpholine rings is 1. The molecule has 0 radical (unpaired) electrons. The molecule has 0 atom stereocenters. The van der Waals surface area contributed by atoms with Crippen LogP contribution in [0.15, 0.2) is 36.9 Å². The van der Waals surface area contributed by atoms with Gasteiger partial charge in [-0.2, -0.15) is 0 Å². The van der Waals surface area contributed by atoms with Crippen LogP contribution in [0.3, 0.4) is 0 Å². The molecule has 0 amide bonds. The summed E-state index contributed by atoms with van der Waals surface area (Å²) >= 11 is 0. The molecule has 9 nitrogen and oxygen atoms in total. The molecule has 39 heavy (non-hydrogen) atoms. The molecule has 3 aliphatic rings. The van der Waals surface area contributed by atoms with E-state index in [1.54, 1.807) is 12.4 Å². The zero-order chi connectivity index (χ0) is 26.4. The van der Waals surface area contributed by atoms with Gasteiger partial charge in [-0.15, -0.1) is 0 Å². The SMILES string of the molecule is CN1CCN(CCc2cnc(CC3CCC(Oc4cc(N5CCOCC5)cc5nccnc45)CC3)nc2)CC1. The third-order valence-electron chi connectivity index (χ3n) is 8.53. The van der Waals surface area contributed by atoms with Crippen molar-refractivity contribution in [2.45, 2.75) is 44.6 Å². The van der Waals surface area contributed by atoms with Crippen LogP contribution in [0.4, 0.5) is 5.69 Å². The van der Waals surface area contributed by atoms with E-state index in [4.69, 9.17) is 19.4 Å². The van der Waals surface area contributed by atoms with Crippen LogP contribution in [0, 0.1) is 5.92 Å². The number of piperazine rings is 1. The van der Waals surface area contributed by atoms with Crippen molar-refractivity contribution < 1.29 is 9.47 Å². The zero-order valence-corrected chi connectivity index (χ0v) is 23.2. The van der Waals surface area contributed by atoms with Gasteiger partial charge in [0.05, 0.1) is 24.8 Å². The van der Waals surface area contributed by atoms with Gasteiger partial charge in [-0.1, -0.05) is 0 Å². The fourth-order valence-corrected chi connectivity index (χ4v) is 5.99. The number of fused-ring (bicyclic) bond motifs is 1. The summed E-state index contributed by atoms with van der Waals surface area (Å²) in [6.45, 7) is 9.00. The molecule has 6 rings (SSSR count). The third kappa shape index (κ3) is 6.83. The zero-order valence-electron chi connectivity index (χ0n) is 23.2. The quantitative estimate of drug-likeness (QED) is 0.435. The molecular weight excluding hydrogens is 490 g/mol. The number of likely N-dealkylation sites (N-methyl/N-ethyl adjacent to an activating group) is 1. The molecule has 0 bridgehead atoms. The molecule has 1 aliphatic carbocycles. The fourth-order valence-electron chi connectivity index (χ4n) is 5.99. The number of anilines is 1. The van der Waals surface area contributed by atoms with Crippen LogP contribution in [-0.4, -0.2) is 102 Å². The summed E-state index contributed by atoms with van der Waals surface area (Å²) in [6, 6.07) is 4.27. The average Bonchev–Trinajstić information content (AvgIpc) is 2.99. The second-order valence-electron chi connectivity index (χ2n) is 11.3. The van der Waals surface area contributed by atoms with Gasteiger partial charge in [0.2, 0.25) is 0 Å². The van der Waals surface area contributed by atoms with Crippen LogP contribution in [-0.2, 0) is 17.6 Å². The Hall–Kier alpha value is -2.88. The summed E-state index contributed by atoms with van der Waals surface area (Å²) in [6.07, 6.45) is 14.1. The number of ether oxygens (including phenoxy) is 2. The summed E-state index contributed by atoms with van der Waals surface area (Å²) in [5, 5.41) is 0. The Morgan fingerprint density at radius 3 is 2.38 bits per heavy atom. The second kappa shape index (κ2) is 12.5. The van der Waals surface area contributed by atoms with Crippen LogP contribution >= 0.6 is 0 Å². The fraction of sp³-hybridized carbons (Fsp3) is 0.600. The number of aromatic nitrogens is 4. The summed E-state index contributed by atoms with van der Waals surface area (Å²) in [5.74, 6) is 2.43. The first-order valence-electron chi connectivity index (χ1n) is 14.6. The van der Waals surface area contributed by atoms with Gasteiger partial charge in [-0.25, -0.2) is 15.0 Å². The summed E-state index contributed by atoms with van der Waals surface area (Å²) in [7, 11) is 2.20. The summed E-state index contributed by atoms with van der Waals surface area (Å²) in [4.78, 5) is 25.9. The predicted octanol–water partition coefficient (Wildman–Crippen LogP) is 3.23. The van der Waals surface area contributed by atoms with E-state index in [-0.39, 0.29) is 6.10 Å². The average molecular weight is 532 g/mol. The summed E-state index contributed by atoms with van der Waals surface area (Å²) in [5.41, 5.74) is 4.11. The minimum absolute atomic E-state index is 0.198. The number of nitrogens with zero attached hydrogens (tertiary/aromatic N) is 7. The molecule has 9 heteroatoms. The van der Waals surface area contributed by atoms with Gasteiger partial charge in [0.15, 0.2) is 0 Å². The van der Waals surface area contributed by atoms with Crippen molar-refractivity contribution in [2.75, 3.05) is 71.0 Å². The number of benzene rings is 1. The van der Waals surface area contributed by atoms with E-state index in [1.807, 2.05) is 12.4 Å². The van der Waals surface area contributed by atoms with Crippen molar-refractivity contribution in [3.05, 3.63) is 48.3 Å². The molecule has 3 fully saturated rings. The van der Waals surface area contributed by atoms with Crippen molar-refractivity contribution in [3.63, 3.8) is 0 Å². The van der Waals surface area contributed by atoms with E-state index >= 15 is 0 Å². The first-order valence-corrected chi connectivity index (χ1v) is 14.6. The van der Waals surface area contributed by atoms with Crippen LogP contribution in [0.25, 0.3) is 11.0 Å². The van der Waals surface area contributed by atoms with Crippen LogP contribution < -0.4 is 9.64 Å². The van der Waals surface area contributed by atoms with Crippen LogP contribution in [0.1, 0.15) is 37.1 Å². The molecule has 0 unspecified atom stereocenters. The van der Waals surface area contributed by atoms with Gasteiger partial charge in [0.25, 0.3) is 0 Å². The highest BCUT2D eigenvalue weighted by molar-refractivity contribution is 5.85. The topological polar surface area (TPSA) is 79.7 Å². The van der Waals surface area contributed by atoms with Crippen LogP contribution in [0.5, 0.6) is 5.75 Å². The van der Waals surface area contributed by atoms with Gasteiger partial charge < -0.3 is 24.2 Å². The lowest BCUT2D eigenvalue weighted by Gasteiger charge is -2.32. The van der Waals surface area contributed by atoms with E-state index in [2.05, 4.69) is 43.8 Å². The molecule has 1 saturated carbocycles. The van der Waals surface area contributed by atoms with Gasteiger partial charge in [-0.3, -0.25) is 4.98 Å². The van der Waals surface area contributed by atoms with E-state index in [0.717, 1.165) is 126 Å². The molecule has 2 saturated heterocycles. The highest BCUT2D eigenvalue weighted by Crippen LogP contribution is 2.34. The van der Waals surface area contributed by atoms with Crippen molar-refractivity contribution in [2.24, 2.45) is 5.92 Å². The molecule has 0 spiro atoms. The van der Waals surface area contributed by atoms with Crippen molar-refractivity contribution >= 4 is 16.7 Å². The minimum atomic E-state index is 0.198. The van der Waals surface area contributed by atoms with E-state index in [1.165, 1.54) is 5.56 Å². The maximum absolute atomic E-state index is 6.60. The molecule has 2 aromatic heterocycles. The smallest absolute Gasteiger partial charge is 0.149 e. The first kappa shape index (κ1) is 26.3. The van der Waals surface area contributed by atoms with Gasteiger partial charge in [0, 0.05) is 88.8 Å². The van der Waals surface area contributed by atoms with Gasteiger partial charge in [-0.05, 0) is 56.7 Å². The molecule has 4 heterocycles. The first-order chi connectivity index (χ1) is 19.2. The lowest BCUT2D eigenvalue weighted by atomic mass is 9.85. The van der Waals surface area contributed by atoms with Gasteiger partial charge >= 0.3 is 0 Å². The largest absolute Gasteiger partial charge is 0.488 e. The standard InChI is InChI=1S/C30H41N7O2/c1-35-10-12-36(13-11-35)9-6-24-21-33-29(34-22-24)18-23-2-4-26(5-3-23)39-28-20-25(37-14-16-38-17-15-37)19-27-30(28)32-8-7-31-27/h7-8,19-23,26H,2-6,9-18H2,1H3. The van der Waals surface area contributed by atoms with Crippen molar-refractivity contribution in [1.82, 2.24) is 29.7 Å². The van der Waals surface area contributed by atoms with E-state index < -0.39 is 0 Å². The highest BCUT2D eigenvalue weighted by atomic mass is 16.5. The third-order valence-corrected chi connectivity index (χ3v) is 8.53.